The van der Waals surface area contributed by atoms with Crippen LogP contribution in [-0.4, -0.2) is 28.8 Å². The third-order valence-corrected chi connectivity index (χ3v) is 5.49. The molecular formula is C17H29N3S. The number of nitrogens with one attached hydrogen (secondary N) is 1. The second-order valence-corrected chi connectivity index (χ2v) is 7.25. The smallest absolute Gasteiger partial charge is 0.141 e. The molecule has 118 valence electrons. The Kier molecular flexibility index (Phi) is 6.97. The van der Waals surface area contributed by atoms with Crippen molar-refractivity contribution < 1.29 is 0 Å². The Morgan fingerprint density at radius 2 is 1.90 bits per heavy atom. The Labute approximate surface area is 133 Å². The second kappa shape index (κ2) is 8.74. The SMILES string of the molecule is CCCNCCCc1c(C)nc(C2CCCCS2)nc1C. The number of rotatable bonds is 7. The number of hydrogen-bond acceptors (Lipinski definition) is 4. The van der Waals surface area contributed by atoms with Gasteiger partial charge in [0.2, 0.25) is 0 Å². The van der Waals surface area contributed by atoms with Crippen molar-refractivity contribution in [3.8, 4) is 0 Å². The van der Waals surface area contributed by atoms with Crippen LogP contribution < -0.4 is 5.32 Å². The zero-order valence-corrected chi connectivity index (χ0v) is 14.6. The van der Waals surface area contributed by atoms with Gasteiger partial charge in [-0.25, -0.2) is 9.97 Å². The first-order chi connectivity index (χ1) is 10.2. The van der Waals surface area contributed by atoms with Gasteiger partial charge in [0.1, 0.15) is 5.82 Å². The minimum Gasteiger partial charge on any atom is -0.317 e. The molecular weight excluding hydrogens is 278 g/mol. The maximum atomic E-state index is 4.82. The molecule has 0 saturated carbocycles. The molecule has 3 nitrogen and oxygen atoms in total. The van der Waals surface area contributed by atoms with E-state index in [0.29, 0.717) is 5.25 Å². The molecule has 2 heterocycles. The Morgan fingerprint density at radius 1 is 1.14 bits per heavy atom. The van der Waals surface area contributed by atoms with Crippen LogP contribution >= 0.6 is 11.8 Å². The summed E-state index contributed by atoms with van der Waals surface area (Å²) in [7, 11) is 0. The molecule has 0 amide bonds. The standard InChI is InChI=1S/C17H29N3S/c1-4-10-18-11-7-8-15-13(2)19-17(20-14(15)3)16-9-5-6-12-21-16/h16,18H,4-12H2,1-3H3. The van der Waals surface area contributed by atoms with Crippen LogP contribution in [0.1, 0.15) is 67.1 Å². The summed E-state index contributed by atoms with van der Waals surface area (Å²) in [5.41, 5.74) is 3.75. The zero-order chi connectivity index (χ0) is 15.1. The molecule has 0 spiro atoms. The van der Waals surface area contributed by atoms with E-state index in [9.17, 15) is 0 Å². The van der Waals surface area contributed by atoms with Crippen molar-refractivity contribution in [1.82, 2.24) is 15.3 Å². The highest BCUT2D eigenvalue weighted by Gasteiger charge is 2.20. The lowest BCUT2D eigenvalue weighted by Gasteiger charge is -2.21. The van der Waals surface area contributed by atoms with Crippen LogP contribution in [0.15, 0.2) is 0 Å². The van der Waals surface area contributed by atoms with E-state index in [-0.39, 0.29) is 0 Å². The summed E-state index contributed by atoms with van der Waals surface area (Å²) in [6, 6.07) is 0. The van der Waals surface area contributed by atoms with Crippen molar-refractivity contribution in [3.05, 3.63) is 22.8 Å². The predicted molar refractivity (Wildman–Crippen MR) is 92.0 cm³/mol. The van der Waals surface area contributed by atoms with Crippen molar-refractivity contribution in [2.45, 2.75) is 64.5 Å². The number of aromatic nitrogens is 2. The van der Waals surface area contributed by atoms with Crippen molar-refractivity contribution in [3.63, 3.8) is 0 Å². The third-order valence-electron chi connectivity index (χ3n) is 4.11. The van der Waals surface area contributed by atoms with Gasteiger partial charge in [-0.2, -0.15) is 11.8 Å². The van der Waals surface area contributed by atoms with E-state index in [1.807, 2.05) is 11.8 Å². The fourth-order valence-corrected chi connectivity index (χ4v) is 4.15. The minimum atomic E-state index is 0.524. The van der Waals surface area contributed by atoms with E-state index < -0.39 is 0 Å². The van der Waals surface area contributed by atoms with Gasteiger partial charge in [-0.05, 0) is 70.4 Å². The molecule has 1 aromatic heterocycles. The van der Waals surface area contributed by atoms with Crippen molar-refractivity contribution in [2.75, 3.05) is 18.8 Å². The summed E-state index contributed by atoms with van der Waals surface area (Å²) in [5, 5.41) is 3.99. The number of nitrogens with zero attached hydrogens (tertiary/aromatic N) is 2. The highest BCUT2D eigenvalue weighted by Crippen LogP contribution is 2.36. The molecule has 1 fully saturated rings. The van der Waals surface area contributed by atoms with Gasteiger partial charge in [0.05, 0.1) is 5.25 Å². The summed E-state index contributed by atoms with van der Waals surface area (Å²) in [4.78, 5) is 9.64. The Balaban J connectivity index is 1.96. The average molecular weight is 308 g/mol. The topological polar surface area (TPSA) is 37.8 Å². The highest BCUT2D eigenvalue weighted by atomic mass is 32.2. The van der Waals surface area contributed by atoms with E-state index in [1.165, 1.54) is 54.8 Å². The zero-order valence-electron chi connectivity index (χ0n) is 13.7. The molecule has 0 bridgehead atoms. The summed E-state index contributed by atoms with van der Waals surface area (Å²) >= 11 is 2.03. The van der Waals surface area contributed by atoms with Gasteiger partial charge in [-0.15, -0.1) is 0 Å². The molecule has 1 aliphatic rings. The lowest BCUT2D eigenvalue weighted by Crippen LogP contribution is -2.17. The van der Waals surface area contributed by atoms with Crippen LogP contribution in [0.5, 0.6) is 0 Å². The molecule has 1 unspecified atom stereocenters. The second-order valence-electron chi connectivity index (χ2n) is 5.94. The van der Waals surface area contributed by atoms with Crippen LogP contribution in [0.25, 0.3) is 0 Å². The van der Waals surface area contributed by atoms with Gasteiger partial charge in [0, 0.05) is 11.4 Å². The molecule has 1 atom stereocenters. The van der Waals surface area contributed by atoms with Gasteiger partial charge >= 0.3 is 0 Å². The molecule has 1 saturated heterocycles. The normalized spacial score (nSPS) is 18.9. The lowest BCUT2D eigenvalue weighted by atomic mass is 10.1. The molecule has 21 heavy (non-hydrogen) atoms. The van der Waals surface area contributed by atoms with E-state index >= 15 is 0 Å². The monoisotopic (exact) mass is 307 g/mol. The molecule has 0 aliphatic carbocycles. The van der Waals surface area contributed by atoms with E-state index in [1.54, 1.807) is 0 Å². The van der Waals surface area contributed by atoms with Crippen molar-refractivity contribution in [2.24, 2.45) is 0 Å². The number of thioether (sulfide) groups is 1. The quantitative estimate of drug-likeness (QED) is 0.773. The summed E-state index contributed by atoms with van der Waals surface area (Å²) in [6.07, 6.45) is 7.37. The molecule has 0 radical (unpaired) electrons. The minimum absolute atomic E-state index is 0.524. The fraction of sp³-hybridized carbons (Fsp3) is 0.765. The van der Waals surface area contributed by atoms with Crippen LogP contribution in [0.3, 0.4) is 0 Å². The highest BCUT2D eigenvalue weighted by molar-refractivity contribution is 7.99. The summed E-state index contributed by atoms with van der Waals surface area (Å²) < 4.78 is 0. The van der Waals surface area contributed by atoms with Gasteiger partial charge in [0.25, 0.3) is 0 Å². The number of aryl methyl sites for hydroxylation is 2. The van der Waals surface area contributed by atoms with Gasteiger partial charge in [-0.3, -0.25) is 0 Å². The molecule has 2 rings (SSSR count). The van der Waals surface area contributed by atoms with Crippen LogP contribution in [0.2, 0.25) is 0 Å². The molecule has 1 aromatic rings. The predicted octanol–water partition coefficient (Wildman–Crippen LogP) is 3.98. The Bertz CT molecular complexity index is 419. The van der Waals surface area contributed by atoms with Gasteiger partial charge in [-0.1, -0.05) is 13.3 Å². The van der Waals surface area contributed by atoms with Crippen molar-refractivity contribution >= 4 is 11.8 Å². The molecule has 4 heteroatoms. The average Bonchev–Trinajstić information content (AvgIpc) is 2.50. The van der Waals surface area contributed by atoms with E-state index in [4.69, 9.17) is 9.97 Å². The molecule has 1 N–H and O–H groups in total. The lowest BCUT2D eigenvalue weighted by molar-refractivity contribution is 0.631. The van der Waals surface area contributed by atoms with E-state index in [2.05, 4.69) is 26.1 Å². The van der Waals surface area contributed by atoms with Crippen molar-refractivity contribution in [1.29, 1.82) is 0 Å². The third kappa shape index (κ3) is 4.96. The number of hydrogen-bond donors (Lipinski definition) is 1. The summed E-state index contributed by atoms with van der Waals surface area (Å²) in [6.45, 7) is 8.72. The Morgan fingerprint density at radius 3 is 2.52 bits per heavy atom. The first kappa shape index (κ1) is 16.8. The van der Waals surface area contributed by atoms with Crippen LogP contribution in [0.4, 0.5) is 0 Å². The summed E-state index contributed by atoms with van der Waals surface area (Å²) in [5.74, 6) is 2.33. The first-order valence-corrected chi connectivity index (χ1v) is 9.43. The largest absolute Gasteiger partial charge is 0.317 e. The van der Waals surface area contributed by atoms with Crippen LogP contribution in [0, 0.1) is 13.8 Å². The maximum Gasteiger partial charge on any atom is 0.141 e. The maximum absolute atomic E-state index is 4.82. The first-order valence-electron chi connectivity index (χ1n) is 8.38. The van der Waals surface area contributed by atoms with Gasteiger partial charge in [0.15, 0.2) is 0 Å². The molecule has 0 aromatic carbocycles. The van der Waals surface area contributed by atoms with E-state index in [0.717, 1.165) is 25.3 Å². The fourth-order valence-electron chi connectivity index (χ4n) is 2.91. The Hall–Kier alpha value is -0.610. The molecule has 1 aliphatic heterocycles. The van der Waals surface area contributed by atoms with Gasteiger partial charge < -0.3 is 5.32 Å². The van der Waals surface area contributed by atoms with Crippen LogP contribution in [-0.2, 0) is 6.42 Å².